The van der Waals surface area contributed by atoms with Crippen LogP contribution >= 0.6 is 0 Å². The molecule has 4 rings (SSSR count). The summed E-state index contributed by atoms with van der Waals surface area (Å²) in [5.41, 5.74) is 2.11. The van der Waals surface area contributed by atoms with Crippen molar-refractivity contribution in [2.24, 2.45) is 7.05 Å². The van der Waals surface area contributed by atoms with E-state index in [0.717, 1.165) is 27.6 Å². The average Bonchev–Trinajstić information content (AvgIpc) is 3.09. The molecule has 23 heavy (non-hydrogen) atoms. The normalized spacial score (nSPS) is 11.4. The number of hydrogen-bond donors (Lipinski definition) is 1. The van der Waals surface area contributed by atoms with Crippen LogP contribution in [0.4, 0.5) is 0 Å². The van der Waals surface area contributed by atoms with Crippen molar-refractivity contribution in [3.8, 4) is 17.3 Å². The topological polar surface area (TPSA) is 39.3 Å². The van der Waals surface area contributed by atoms with Crippen LogP contribution in [-0.4, -0.2) is 20.8 Å². The van der Waals surface area contributed by atoms with Crippen molar-refractivity contribution in [1.82, 2.24) is 9.13 Å². The van der Waals surface area contributed by atoms with E-state index in [4.69, 9.17) is 4.74 Å². The quantitative estimate of drug-likeness (QED) is 0.615. The Balaban J connectivity index is 1.87. The summed E-state index contributed by atoms with van der Waals surface area (Å²) in [5.74, 6) is 1.00. The Bertz CT molecular complexity index is 1010. The minimum Gasteiger partial charge on any atom is -0.494 e. The SMILES string of the molecule is CCOc1ccc2cn(-c3ccc4c(ccn4C)c3)c(O)c2c1. The summed E-state index contributed by atoms with van der Waals surface area (Å²) in [5, 5.41) is 13.5. The van der Waals surface area contributed by atoms with Crippen LogP contribution in [0.1, 0.15) is 6.92 Å². The van der Waals surface area contributed by atoms with Gasteiger partial charge in [-0.3, -0.25) is 4.57 Å². The van der Waals surface area contributed by atoms with Gasteiger partial charge in [-0.05, 0) is 49.4 Å². The fraction of sp³-hybridized carbons (Fsp3) is 0.158. The number of fused-ring (bicyclic) bond motifs is 2. The monoisotopic (exact) mass is 306 g/mol. The highest BCUT2D eigenvalue weighted by Crippen LogP contribution is 2.33. The molecule has 4 heteroatoms. The molecule has 4 nitrogen and oxygen atoms in total. The van der Waals surface area contributed by atoms with Crippen LogP contribution in [0.2, 0.25) is 0 Å². The predicted octanol–water partition coefficient (Wildman–Crippen LogP) is 4.23. The minimum atomic E-state index is 0.233. The Morgan fingerprint density at radius 3 is 2.74 bits per heavy atom. The van der Waals surface area contributed by atoms with Crippen molar-refractivity contribution >= 4 is 21.7 Å². The number of ether oxygens (including phenoxy) is 1. The zero-order chi connectivity index (χ0) is 16.0. The van der Waals surface area contributed by atoms with Crippen LogP contribution in [0.5, 0.6) is 11.6 Å². The second-order valence-corrected chi connectivity index (χ2v) is 5.67. The van der Waals surface area contributed by atoms with Gasteiger partial charge in [0.25, 0.3) is 0 Å². The van der Waals surface area contributed by atoms with Crippen molar-refractivity contribution in [2.45, 2.75) is 6.92 Å². The maximum Gasteiger partial charge on any atom is 0.203 e. The highest BCUT2D eigenvalue weighted by atomic mass is 16.5. The van der Waals surface area contributed by atoms with E-state index < -0.39 is 0 Å². The molecule has 0 fully saturated rings. The number of nitrogens with zero attached hydrogens (tertiary/aromatic N) is 2. The summed E-state index contributed by atoms with van der Waals surface area (Å²) in [7, 11) is 2.03. The van der Waals surface area contributed by atoms with E-state index in [1.165, 1.54) is 5.52 Å². The van der Waals surface area contributed by atoms with E-state index in [-0.39, 0.29) is 5.88 Å². The van der Waals surface area contributed by atoms with Crippen LogP contribution in [0.15, 0.2) is 54.9 Å². The third-order valence-corrected chi connectivity index (χ3v) is 4.22. The van der Waals surface area contributed by atoms with Crippen molar-refractivity contribution in [2.75, 3.05) is 6.61 Å². The first-order valence-corrected chi connectivity index (χ1v) is 7.69. The minimum absolute atomic E-state index is 0.233. The molecule has 2 aromatic heterocycles. The lowest BCUT2D eigenvalue weighted by molar-refractivity contribution is 0.340. The van der Waals surface area contributed by atoms with Crippen LogP contribution in [0, 0.1) is 0 Å². The smallest absolute Gasteiger partial charge is 0.203 e. The first-order chi connectivity index (χ1) is 11.2. The van der Waals surface area contributed by atoms with Crippen molar-refractivity contribution in [3.63, 3.8) is 0 Å². The van der Waals surface area contributed by atoms with Crippen molar-refractivity contribution < 1.29 is 9.84 Å². The van der Waals surface area contributed by atoms with Crippen LogP contribution in [-0.2, 0) is 7.05 Å². The largest absolute Gasteiger partial charge is 0.494 e. The van der Waals surface area contributed by atoms with Gasteiger partial charge in [0, 0.05) is 46.8 Å². The number of aryl methyl sites for hydroxylation is 1. The lowest BCUT2D eigenvalue weighted by Crippen LogP contribution is -1.91. The molecule has 4 aromatic rings. The zero-order valence-corrected chi connectivity index (χ0v) is 13.2. The van der Waals surface area contributed by atoms with E-state index in [1.54, 1.807) is 0 Å². The second-order valence-electron chi connectivity index (χ2n) is 5.67. The lowest BCUT2D eigenvalue weighted by Gasteiger charge is -2.06. The molecule has 2 aromatic carbocycles. The van der Waals surface area contributed by atoms with Gasteiger partial charge < -0.3 is 14.4 Å². The first kappa shape index (κ1) is 13.8. The molecule has 0 radical (unpaired) electrons. The summed E-state index contributed by atoms with van der Waals surface area (Å²) >= 11 is 0. The van der Waals surface area contributed by atoms with Crippen molar-refractivity contribution in [3.05, 3.63) is 54.9 Å². The van der Waals surface area contributed by atoms with E-state index >= 15 is 0 Å². The molecule has 0 saturated heterocycles. The maximum atomic E-state index is 10.6. The van der Waals surface area contributed by atoms with Crippen molar-refractivity contribution in [1.29, 1.82) is 0 Å². The first-order valence-electron chi connectivity index (χ1n) is 7.69. The van der Waals surface area contributed by atoms with E-state index in [1.807, 2.05) is 55.2 Å². The third-order valence-electron chi connectivity index (χ3n) is 4.22. The number of aromatic hydroxyl groups is 1. The molecule has 1 N–H and O–H groups in total. The number of benzene rings is 2. The highest BCUT2D eigenvalue weighted by molar-refractivity contribution is 5.90. The molecule has 0 unspecified atom stereocenters. The number of hydrogen-bond acceptors (Lipinski definition) is 2. The van der Waals surface area contributed by atoms with E-state index in [2.05, 4.69) is 22.8 Å². The van der Waals surface area contributed by atoms with Gasteiger partial charge in [0.05, 0.1) is 6.61 Å². The zero-order valence-electron chi connectivity index (χ0n) is 13.2. The second kappa shape index (κ2) is 5.09. The molecule has 0 saturated carbocycles. The molecule has 0 amide bonds. The predicted molar refractivity (Wildman–Crippen MR) is 92.6 cm³/mol. The van der Waals surface area contributed by atoms with Gasteiger partial charge in [-0.1, -0.05) is 0 Å². The summed E-state index contributed by atoms with van der Waals surface area (Å²) < 4.78 is 9.42. The van der Waals surface area contributed by atoms with Crippen LogP contribution in [0.3, 0.4) is 0 Å². The molecule has 0 aliphatic rings. The highest BCUT2D eigenvalue weighted by Gasteiger charge is 2.11. The Morgan fingerprint density at radius 1 is 1.04 bits per heavy atom. The molecule has 0 aliphatic carbocycles. The molecular formula is C19H18N2O2. The van der Waals surface area contributed by atoms with E-state index in [0.29, 0.717) is 6.61 Å². The van der Waals surface area contributed by atoms with Gasteiger partial charge >= 0.3 is 0 Å². The molecule has 2 heterocycles. The van der Waals surface area contributed by atoms with Crippen LogP contribution < -0.4 is 4.74 Å². The van der Waals surface area contributed by atoms with Gasteiger partial charge in [-0.2, -0.15) is 0 Å². The lowest BCUT2D eigenvalue weighted by atomic mass is 10.2. The summed E-state index contributed by atoms with van der Waals surface area (Å²) in [6.07, 6.45) is 3.99. The van der Waals surface area contributed by atoms with Gasteiger partial charge in [0.2, 0.25) is 5.88 Å². The maximum absolute atomic E-state index is 10.6. The van der Waals surface area contributed by atoms with Gasteiger partial charge in [0.1, 0.15) is 5.75 Å². The Morgan fingerprint density at radius 2 is 1.91 bits per heavy atom. The summed E-state index contributed by atoms with van der Waals surface area (Å²) in [6, 6.07) is 14.0. The summed E-state index contributed by atoms with van der Waals surface area (Å²) in [4.78, 5) is 0. The molecule has 0 bridgehead atoms. The third kappa shape index (κ3) is 2.14. The number of rotatable bonds is 3. The summed E-state index contributed by atoms with van der Waals surface area (Å²) in [6.45, 7) is 2.56. The fourth-order valence-electron chi connectivity index (χ4n) is 3.04. The van der Waals surface area contributed by atoms with Gasteiger partial charge in [-0.25, -0.2) is 0 Å². The molecule has 0 aliphatic heterocycles. The Hall–Kier alpha value is -2.88. The molecule has 0 spiro atoms. The molecular weight excluding hydrogens is 288 g/mol. The molecule has 116 valence electrons. The Kier molecular flexibility index (Phi) is 3.05. The fourth-order valence-corrected chi connectivity index (χ4v) is 3.04. The van der Waals surface area contributed by atoms with Gasteiger partial charge in [0.15, 0.2) is 0 Å². The average molecular weight is 306 g/mol. The van der Waals surface area contributed by atoms with E-state index in [9.17, 15) is 5.11 Å². The Labute approximate surface area is 134 Å². The van der Waals surface area contributed by atoms with Gasteiger partial charge in [-0.15, -0.1) is 0 Å². The number of aromatic nitrogens is 2. The standard InChI is InChI=1S/C19H18N2O2/c1-3-23-16-6-4-14-12-21(19(22)17(14)11-16)15-5-7-18-13(10-15)8-9-20(18)2/h4-12,22H,3H2,1-2H3. The van der Waals surface area contributed by atoms with Crippen LogP contribution in [0.25, 0.3) is 27.4 Å². The molecule has 0 atom stereocenters.